The van der Waals surface area contributed by atoms with Crippen LogP contribution in [0.1, 0.15) is 30.6 Å². The highest BCUT2D eigenvalue weighted by atomic mass is 32.2. The number of rotatable bonds is 8. The fourth-order valence-electron chi connectivity index (χ4n) is 2.16. The molecule has 2 aromatic carbocycles. The zero-order chi connectivity index (χ0) is 20.0. The molecule has 0 aromatic heterocycles. The molecule has 9 heteroatoms. The topological polar surface area (TPSA) is 75.3 Å². The van der Waals surface area contributed by atoms with E-state index in [2.05, 4.69) is 10.0 Å². The van der Waals surface area contributed by atoms with Crippen LogP contribution in [0.5, 0.6) is 0 Å². The fraction of sp³-hybridized carbons (Fsp3) is 0.278. The molecule has 0 fully saturated rings. The number of alkyl halides is 2. The normalized spacial score (nSPS) is 12.8. The Morgan fingerprint density at radius 3 is 2.33 bits per heavy atom. The second-order valence-corrected chi connectivity index (χ2v) is 8.53. The molecule has 0 saturated heterocycles. The van der Waals surface area contributed by atoms with Gasteiger partial charge in [-0.3, -0.25) is 4.79 Å². The van der Waals surface area contributed by atoms with Crippen LogP contribution >= 0.6 is 11.8 Å². The number of carbonyl (C=O) groups is 1. The van der Waals surface area contributed by atoms with E-state index in [0.29, 0.717) is 18.2 Å². The van der Waals surface area contributed by atoms with Crippen LogP contribution in [0.3, 0.4) is 0 Å². The molecule has 2 aromatic rings. The Hall–Kier alpha value is -1.97. The summed E-state index contributed by atoms with van der Waals surface area (Å²) in [6, 6.07) is 11.5. The van der Waals surface area contributed by atoms with Gasteiger partial charge in [-0.25, -0.2) is 13.1 Å². The number of carbonyl (C=O) groups excluding carboxylic acids is 1. The van der Waals surface area contributed by atoms with Crippen LogP contribution in [0, 0.1) is 0 Å². The van der Waals surface area contributed by atoms with Gasteiger partial charge in [0.1, 0.15) is 0 Å². The molecule has 1 atom stereocenters. The maximum Gasteiger partial charge on any atom is 0.288 e. The molecular formula is C18H20F2N2O3S2. The van der Waals surface area contributed by atoms with E-state index in [-0.39, 0.29) is 27.1 Å². The molecule has 0 aliphatic heterocycles. The van der Waals surface area contributed by atoms with Crippen molar-refractivity contribution in [1.82, 2.24) is 4.72 Å². The Morgan fingerprint density at radius 1 is 1.11 bits per heavy atom. The lowest BCUT2D eigenvalue weighted by molar-refractivity contribution is 0.102. The van der Waals surface area contributed by atoms with Crippen LogP contribution in [0.25, 0.3) is 0 Å². The van der Waals surface area contributed by atoms with E-state index < -0.39 is 21.7 Å². The summed E-state index contributed by atoms with van der Waals surface area (Å²) in [6.07, 6.45) is 0.649. The van der Waals surface area contributed by atoms with Crippen LogP contribution in [0.4, 0.5) is 14.5 Å². The molecule has 5 nitrogen and oxygen atoms in total. The monoisotopic (exact) mass is 414 g/mol. The van der Waals surface area contributed by atoms with Gasteiger partial charge in [0.2, 0.25) is 10.0 Å². The van der Waals surface area contributed by atoms with Crippen molar-refractivity contribution in [1.29, 1.82) is 0 Å². The molecule has 0 saturated carbocycles. The first-order valence-corrected chi connectivity index (χ1v) is 10.6. The molecule has 2 rings (SSSR count). The number of halogens is 2. The number of amides is 1. The lowest BCUT2D eigenvalue weighted by Crippen LogP contribution is -2.32. The third-order valence-corrected chi connectivity index (χ3v) is 6.14. The van der Waals surface area contributed by atoms with Crippen LogP contribution in [0.2, 0.25) is 0 Å². The summed E-state index contributed by atoms with van der Waals surface area (Å²) >= 11 is 0.340. The number of anilines is 1. The van der Waals surface area contributed by atoms with Gasteiger partial charge in [-0.05, 0) is 49.7 Å². The summed E-state index contributed by atoms with van der Waals surface area (Å²) in [5.41, 5.74) is 0.484. The van der Waals surface area contributed by atoms with Gasteiger partial charge < -0.3 is 5.32 Å². The first kappa shape index (κ1) is 21.3. The Balaban J connectivity index is 2.15. The molecule has 2 N–H and O–H groups in total. The summed E-state index contributed by atoms with van der Waals surface area (Å²) in [4.78, 5) is 12.7. The van der Waals surface area contributed by atoms with Gasteiger partial charge in [-0.1, -0.05) is 30.8 Å². The SMILES string of the molecule is CCC(C)NS(=O)(=O)c1ccc(C(=O)Nc2ccccc2SC(F)F)cc1. The van der Waals surface area contributed by atoms with E-state index in [4.69, 9.17) is 0 Å². The molecule has 27 heavy (non-hydrogen) atoms. The summed E-state index contributed by atoms with van der Waals surface area (Å²) in [5, 5.41) is 2.57. The molecule has 0 spiro atoms. The van der Waals surface area contributed by atoms with E-state index in [1.54, 1.807) is 19.1 Å². The Kier molecular flexibility index (Phi) is 7.34. The molecule has 146 valence electrons. The first-order chi connectivity index (χ1) is 12.7. The van der Waals surface area contributed by atoms with Crippen molar-refractivity contribution in [2.45, 2.75) is 41.9 Å². The first-order valence-electron chi connectivity index (χ1n) is 8.20. The zero-order valence-electron chi connectivity index (χ0n) is 14.8. The Morgan fingerprint density at radius 2 is 1.74 bits per heavy atom. The maximum absolute atomic E-state index is 12.6. The number of hydrogen-bond donors (Lipinski definition) is 2. The van der Waals surface area contributed by atoms with Crippen molar-refractivity contribution in [3.05, 3.63) is 54.1 Å². The molecule has 1 unspecified atom stereocenters. The lowest BCUT2D eigenvalue weighted by Gasteiger charge is -2.13. The minimum absolute atomic E-state index is 0.0491. The van der Waals surface area contributed by atoms with Crippen molar-refractivity contribution in [2.24, 2.45) is 0 Å². The fourth-order valence-corrected chi connectivity index (χ4v) is 4.09. The molecule has 0 aliphatic carbocycles. The summed E-state index contributed by atoms with van der Waals surface area (Å²) in [5.74, 6) is -3.12. The molecule has 1 amide bonds. The van der Waals surface area contributed by atoms with Crippen LogP contribution in [-0.4, -0.2) is 26.1 Å². The van der Waals surface area contributed by atoms with Crippen molar-refractivity contribution >= 4 is 33.4 Å². The van der Waals surface area contributed by atoms with E-state index in [9.17, 15) is 22.0 Å². The minimum atomic E-state index is -3.66. The van der Waals surface area contributed by atoms with Gasteiger partial charge >= 0.3 is 0 Å². The van der Waals surface area contributed by atoms with Crippen LogP contribution in [-0.2, 0) is 10.0 Å². The van der Waals surface area contributed by atoms with Crippen molar-refractivity contribution in [3.8, 4) is 0 Å². The van der Waals surface area contributed by atoms with Crippen molar-refractivity contribution in [3.63, 3.8) is 0 Å². The second kappa shape index (κ2) is 9.29. The van der Waals surface area contributed by atoms with E-state index in [1.807, 2.05) is 6.92 Å². The maximum atomic E-state index is 12.6. The minimum Gasteiger partial charge on any atom is -0.321 e. The average Bonchev–Trinajstić information content (AvgIpc) is 2.62. The number of hydrogen-bond acceptors (Lipinski definition) is 4. The highest BCUT2D eigenvalue weighted by Crippen LogP contribution is 2.31. The third-order valence-electron chi connectivity index (χ3n) is 3.75. The van der Waals surface area contributed by atoms with Crippen molar-refractivity contribution in [2.75, 3.05) is 5.32 Å². The van der Waals surface area contributed by atoms with Gasteiger partial charge in [0, 0.05) is 16.5 Å². The van der Waals surface area contributed by atoms with Crippen LogP contribution < -0.4 is 10.0 Å². The average molecular weight is 414 g/mol. The molecule has 0 heterocycles. The Labute approximate surface area is 161 Å². The molecule has 0 bridgehead atoms. The largest absolute Gasteiger partial charge is 0.321 e. The number of sulfonamides is 1. The van der Waals surface area contributed by atoms with Gasteiger partial charge in [-0.2, -0.15) is 8.78 Å². The predicted molar refractivity (Wildman–Crippen MR) is 103 cm³/mol. The summed E-state index contributed by atoms with van der Waals surface area (Å²) < 4.78 is 52.2. The van der Waals surface area contributed by atoms with Crippen LogP contribution in [0.15, 0.2) is 58.3 Å². The molecule has 0 radical (unpaired) electrons. The third kappa shape index (κ3) is 6.02. The molecule has 0 aliphatic rings. The second-order valence-electron chi connectivity index (χ2n) is 5.78. The van der Waals surface area contributed by atoms with Gasteiger partial charge in [-0.15, -0.1) is 0 Å². The van der Waals surface area contributed by atoms with Crippen molar-refractivity contribution < 1.29 is 22.0 Å². The highest BCUT2D eigenvalue weighted by molar-refractivity contribution is 7.99. The molecular weight excluding hydrogens is 394 g/mol. The smallest absolute Gasteiger partial charge is 0.288 e. The van der Waals surface area contributed by atoms with Gasteiger partial charge in [0.25, 0.3) is 11.7 Å². The van der Waals surface area contributed by atoms with E-state index in [0.717, 1.165) is 0 Å². The standard InChI is InChI=1S/C18H20F2N2O3S2/c1-3-12(2)22-27(24,25)14-10-8-13(9-11-14)17(23)21-15-6-4-5-7-16(15)26-18(19)20/h4-12,18,22H,3H2,1-2H3,(H,21,23). The Bertz CT molecular complexity index is 888. The summed E-state index contributed by atoms with van der Waals surface area (Å²) in [7, 11) is -3.66. The number of nitrogens with one attached hydrogen (secondary N) is 2. The lowest BCUT2D eigenvalue weighted by atomic mass is 10.2. The van der Waals surface area contributed by atoms with E-state index >= 15 is 0 Å². The number of para-hydroxylation sites is 1. The predicted octanol–water partition coefficient (Wildman–Crippen LogP) is 4.33. The van der Waals surface area contributed by atoms with Gasteiger partial charge in [0.05, 0.1) is 10.6 Å². The quantitative estimate of drug-likeness (QED) is 0.631. The zero-order valence-corrected chi connectivity index (χ0v) is 16.4. The number of thioether (sulfide) groups is 1. The summed E-state index contributed by atoms with van der Waals surface area (Å²) in [6.45, 7) is 3.62. The number of benzene rings is 2. The highest BCUT2D eigenvalue weighted by Gasteiger charge is 2.18. The van der Waals surface area contributed by atoms with Gasteiger partial charge in [0.15, 0.2) is 0 Å². The van der Waals surface area contributed by atoms with E-state index in [1.165, 1.54) is 36.4 Å².